The van der Waals surface area contributed by atoms with Crippen LogP contribution in [0.25, 0.3) is 16.6 Å². The third-order valence-electron chi connectivity index (χ3n) is 4.50. The Kier molecular flexibility index (Phi) is 5.28. The fraction of sp³-hybridized carbons (Fsp3) is 0.0435. The lowest BCUT2D eigenvalue weighted by Gasteiger charge is -2.05. The zero-order chi connectivity index (χ0) is 19.5. The molecule has 138 valence electrons. The molecule has 2 aromatic heterocycles. The highest BCUT2D eigenvalue weighted by Crippen LogP contribution is 2.40. The number of pyridine rings is 1. The lowest BCUT2D eigenvalue weighted by Crippen LogP contribution is -2.06. The van der Waals surface area contributed by atoms with Crippen LogP contribution in [0.3, 0.4) is 0 Å². The van der Waals surface area contributed by atoms with Crippen molar-refractivity contribution in [2.45, 2.75) is 0 Å². The van der Waals surface area contributed by atoms with E-state index in [9.17, 15) is 9.90 Å². The largest absolute Gasteiger partial charge is 0.505 e. The molecular weight excluding hydrogens is 386 g/mol. The Morgan fingerprint density at radius 1 is 0.929 bits per heavy atom. The van der Waals surface area contributed by atoms with Crippen molar-refractivity contribution < 1.29 is 9.90 Å². The van der Waals surface area contributed by atoms with E-state index in [2.05, 4.69) is 0 Å². The van der Waals surface area contributed by atoms with Crippen molar-refractivity contribution in [1.29, 1.82) is 0 Å². The normalized spacial score (nSPS) is 10.9. The molecule has 0 radical (unpaired) electrons. The maximum absolute atomic E-state index is 12.4. The second kappa shape index (κ2) is 8.00. The average molecular weight is 404 g/mol. The van der Waals surface area contributed by atoms with Gasteiger partial charge in [-0.15, -0.1) is 11.8 Å². The number of carbonyl (C=O) groups excluding carboxylic acids is 1. The Morgan fingerprint density at radius 2 is 1.57 bits per heavy atom. The molecule has 3 nitrogen and oxygen atoms in total. The topological polar surface area (TPSA) is 41.7 Å². The van der Waals surface area contributed by atoms with E-state index < -0.39 is 0 Å². The van der Waals surface area contributed by atoms with E-state index in [1.54, 1.807) is 12.1 Å². The second-order valence-corrected chi connectivity index (χ2v) is 7.91. The van der Waals surface area contributed by atoms with Crippen LogP contribution in [0.2, 0.25) is 0 Å². The number of ketones is 1. The Labute approximate surface area is 172 Å². The molecule has 0 atom stereocenters. The molecule has 0 aliphatic carbocycles. The molecule has 1 N–H and O–H groups in total. The molecule has 0 bridgehead atoms. The van der Waals surface area contributed by atoms with Gasteiger partial charge in [0.05, 0.1) is 15.5 Å². The summed E-state index contributed by atoms with van der Waals surface area (Å²) in [6, 6.07) is 24.7. The fourth-order valence-electron chi connectivity index (χ4n) is 3.19. The average Bonchev–Trinajstić information content (AvgIpc) is 3.04. The first kappa shape index (κ1) is 18.5. The van der Waals surface area contributed by atoms with E-state index in [0.29, 0.717) is 15.5 Å². The molecule has 0 aliphatic rings. The van der Waals surface area contributed by atoms with E-state index in [1.165, 1.54) is 11.8 Å². The van der Waals surface area contributed by atoms with Crippen LogP contribution in [-0.4, -0.2) is 25.2 Å². The van der Waals surface area contributed by atoms with Crippen molar-refractivity contribution in [1.82, 2.24) is 4.40 Å². The van der Waals surface area contributed by atoms with Crippen LogP contribution in [-0.2, 0) is 0 Å². The molecule has 0 unspecified atom stereocenters. The SMILES string of the molecule is O=C(CSC(=S)c1c(O)c(-c2ccccc2)c2ccccn12)c1ccccc1. The van der Waals surface area contributed by atoms with Gasteiger partial charge in [0, 0.05) is 17.3 Å². The summed E-state index contributed by atoms with van der Waals surface area (Å²) in [5, 5.41) is 11.0. The van der Waals surface area contributed by atoms with Crippen LogP contribution < -0.4 is 0 Å². The van der Waals surface area contributed by atoms with Crippen LogP contribution in [0.15, 0.2) is 85.1 Å². The number of fused-ring (bicyclic) bond motifs is 1. The van der Waals surface area contributed by atoms with Crippen LogP contribution in [0.5, 0.6) is 5.75 Å². The summed E-state index contributed by atoms with van der Waals surface area (Å²) in [7, 11) is 0. The van der Waals surface area contributed by atoms with Crippen molar-refractivity contribution in [2.75, 3.05) is 5.75 Å². The van der Waals surface area contributed by atoms with Gasteiger partial charge in [-0.3, -0.25) is 4.79 Å². The summed E-state index contributed by atoms with van der Waals surface area (Å²) in [5.41, 5.74) is 3.75. The number of Topliss-reactive ketones (excluding diaryl/α,β-unsaturated/α-hetero) is 1. The summed E-state index contributed by atoms with van der Waals surface area (Å²) in [4.78, 5) is 12.4. The van der Waals surface area contributed by atoms with Gasteiger partial charge in [-0.2, -0.15) is 0 Å². The molecule has 4 rings (SSSR count). The molecule has 4 aromatic rings. The van der Waals surface area contributed by atoms with Crippen molar-refractivity contribution >= 4 is 39.5 Å². The molecule has 2 heterocycles. The van der Waals surface area contributed by atoms with Gasteiger partial charge in [-0.1, -0.05) is 78.9 Å². The fourth-order valence-corrected chi connectivity index (χ4v) is 4.32. The minimum absolute atomic E-state index is 0.0107. The van der Waals surface area contributed by atoms with Gasteiger partial charge in [-0.05, 0) is 17.7 Å². The Hall–Kier alpha value is -2.89. The molecule has 0 saturated heterocycles. The summed E-state index contributed by atoms with van der Waals surface area (Å²) in [6.45, 7) is 0. The van der Waals surface area contributed by atoms with Gasteiger partial charge < -0.3 is 9.51 Å². The van der Waals surface area contributed by atoms with E-state index in [0.717, 1.165) is 16.6 Å². The number of benzene rings is 2. The third kappa shape index (κ3) is 3.46. The summed E-state index contributed by atoms with van der Waals surface area (Å²) in [5.74, 6) is 0.377. The molecule has 0 amide bonds. The predicted octanol–water partition coefficient (Wildman–Crippen LogP) is 5.60. The Bertz CT molecular complexity index is 1150. The number of thiocarbonyl (C=S) groups is 1. The predicted molar refractivity (Wildman–Crippen MR) is 119 cm³/mol. The molecule has 0 aliphatic heterocycles. The highest BCUT2D eigenvalue weighted by Gasteiger charge is 2.22. The number of rotatable bonds is 5. The summed E-state index contributed by atoms with van der Waals surface area (Å²) >= 11 is 6.87. The highest BCUT2D eigenvalue weighted by molar-refractivity contribution is 8.24. The van der Waals surface area contributed by atoms with E-state index in [-0.39, 0.29) is 17.3 Å². The van der Waals surface area contributed by atoms with Gasteiger partial charge >= 0.3 is 0 Å². The standard InChI is InChI=1S/C23H17NO2S2/c25-19(16-9-3-1-4-10-16)15-28-23(27)21-22(26)20(17-11-5-2-6-12-17)18-13-7-8-14-24(18)21/h1-14,26H,15H2. The number of carbonyl (C=O) groups is 1. The molecule has 0 saturated carbocycles. The monoisotopic (exact) mass is 403 g/mol. The lowest BCUT2D eigenvalue weighted by atomic mass is 10.1. The first-order chi connectivity index (χ1) is 13.7. The van der Waals surface area contributed by atoms with Crippen LogP contribution in [0, 0.1) is 0 Å². The van der Waals surface area contributed by atoms with E-state index in [1.807, 2.05) is 77.3 Å². The number of aromatic hydroxyl groups is 1. The molecule has 5 heteroatoms. The van der Waals surface area contributed by atoms with Gasteiger partial charge in [0.25, 0.3) is 0 Å². The Morgan fingerprint density at radius 3 is 2.29 bits per heavy atom. The molecule has 2 aromatic carbocycles. The smallest absolute Gasteiger partial charge is 0.173 e. The number of nitrogens with zero attached hydrogens (tertiary/aromatic N) is 1. The third-order valence-corrected chi connectivity index (χ3v) is 5.91. The van der Waals surface area contributed by atoms with Gasteiger partial charge in [0.15, 0.2) is 11.5 Å². The quantitative estimate of drug-likeness (QED) is 0.348. The number of hydrogen-bond donors (Lipinski definition) is 1. The first-order valence-corrected chi connectivity index (χ1v) is 10.2. The first-order valence-electron chi connectivity index (χ1n) is 8.79. The highest BCUT2D eigenvalue weighted by atomic mass is 32.2. The maximum atomic E-state index is 12.4. The zero-order valence-corrected chi connectivity index (χ0v) is 16.5. The van der Waals surface area contributed by atoms with E-state index in [4.69, 9.17) is 12.2 Å². The van der Waals surface area contributed by atoms with Crippen molar-refractivity contribution in [2.24, 2.45) is 0 Å². The van der Waals surface area contributed by atoms with Crippen molar-refractivity contribution in [3.8, 4) is 16.9 Å². The summed E-state index contributed by atoms with van der Waals surface area (Å²) in [6.07, 6.45) is 1.88. The van der Waals surface area contributed by atoms with Crippen molar-refractivity contribution in [3.05, 3.63) is 96.3 Å². The zero-order valence-electron chi connectivity index (χ0n) is 14.9. The van der Waals surface area contributed by atoms with Crippen LogP contribution in [0.4, 0.5) is 0 Å². The second-order valence-electron chi connectivity index (χ2n) is 6.26. The van der Waals surface area contributed by atoms with E-state index >= 15 is 0 Å². The number of aromatic nitrogens is 1. The number of hydrogen-bond acceptors (Lipinski definition) is 4. The minimum Gasteiger partial charge on any atom is -0.505 e. The molecular formula is C23H17NO2S2. The Balaban J connectivity index is 1.68. The van der Waals surface area contributed by atoms with Gasteiger partial charge in [-0.25, -0.2) is 0 Å². The van der Waals surface area contributed by atoms with Gasteiger partial charge in [0.1, 0.15) is 5.69 Å². The van der Waals surface area contributed by atoms with Gasteiger partial charge in [0.2, 0.25) is 0 Å². The van der Waals surface area contributed by atoms with Crippen molar-refractivity contribution in [3.63, 3.8) is 0 Å². The lowest BCUT2D eigenvalue weighted by molar-refractivity contribution is 0.102. The minimum atomic E-state index is 0.0107. The number of thioether (sulfide) groups is 1. The summed E-state index contributed by atoms with van der Waals surface area (Å²) < 4.78 is 2.38. The molecule has 0 spiro atoms. The maximum Gasteiger partial charge on any atom is 0.173 e. The van der Waals surface area contributed by atoms with Crippen LogP contribution >= 0.6 is 24.0 Å². The molecule has 28 heavy (non-hydrogen) atoms. The van der Waals surface area contributed by atoms with Crippen LogP contribution in [0.1, 0.15) is 16.1 Å². The molecule has 0 fully saturated rings.